The van der Waals surface area contributed by atoms with Crippen LogP contribution in [-0.2, 0) is 39.8 Å². The van der Waals surface area contributed by atoms with Crippen molar-refractivity contribution in [1.29, 1.82) is 0 Å². The number of hydrogen-bond donors (Lipinski definition) is 9. The molecule has 1 amide bonds. The molecular weight excluding hydrogens is 950 g/mol. The zero-order valence-electron chi connectivity index (χ0n) is 43.4. The highest BCUT2D eigenvalue weighted by atomic mass is 35.5. The van der Waals surface area contributed by atoms with E-state index < -0.39 is 116 Å². The van der Waals surface area contributed by atoms with Crippen molar-refractivity contribution in [2.45, 2.75) is 224 Å². The van der Waals surface area contributed by atoms with Gasteiger partial charge in [-0.05, 0) is 154 Å². The maximum Gasteiger partial charge on any atom is 0.226 e. The van der Waals surface area contributed by atoms with Gasteiger partial charge in [-0.1, -0.05) is 70.5 Å². The number of carbonyl (C=O) groups excluding carboxylic acids is 1. The van der Waals surface area contributed by atoms with Gasteiger partial charge >= 0.3 is 0 Å². The van der Waals surface area contributed by atoms with Crippen LogP contribution in [0.4, 0.5) is 0 Å². The van der Waals surface area contributed by atoms with Gasteiger partial charge in [-0.2, -0.15) is 0 Å². The fourth-order valence-electron chi connectivity index (χ4n) is 16.9. The molecule has 17 heteroatoms. The maximum absolute atomic E-state index is 14.7. The molecule has 0 radical (unpaired) electrons. The van der Waals surface area contributed by atoms with E-state index in [9.17, 15) is 45.6 Å². The predicted molar refractivity (Wildman–Crippen MR) is 263 cm³/mol. The second kappa shape index (κ2) is 20.2. The summed E-state index contributed by atoms with van der Waals surface area (Å²) >= 11 is 6.19. The average Bonchev–Trinajstić information content (AvgIpc) is 3.75. The zero-order chi connectivity index (χ0) is 52.2. The smallest absolute Gasteiger partial charge is 0.226 e. The number of aliphatic hydroxyl groups excluding tert-OH is 8. The molecule has 5 saturated carbocycles. The molecule has 9 N–H and O–H groups in total. The molecule has 72 heavy (non-hydrogen) atoms. The lowest BCUT2D eigenvalue weighted by Crippen LogP contribution is -2.68. The van der Waals surface area contributed by atoms with Crippen molar-refractivity contribution in [2.24, 2.45) is 56.7 Å². The first-order chi connectivity index (χ1) is 33.8. The number of aliphatic hydroxyl groups is 8. The molecule has 3 saturated heterocycles. The van der Waals surface area contributed by atoms with Crippen LogP contribution < -0.4 is 5.32 Å². The first kappa shape index (κ1) is 54.9. The van der Waals surface area contributed by atoms with Crippen LogP contribution in [0.15, 0.2) is 36.4 Å². The van der Waals surface area contributed by atoms with E-state index in [1.807, 2.05) is 24.3 Å². The molecule has 0 unspecified atom stereocenters. The highest BCUT2D eigenvalue weighted by Gasteiger charge is 2.72. The number of halogens is 1. The molecule has 406 valence electrons. The van der Waals surface area contributed by atoms with Gasteiger partial charge in [0, 0.05) is 11.6 Å². The Morgan fingerprint density at radius 3 is 1.89 bits per heavy atom. The summed E-state index contributed by atoms with van der Waals surface area (Å²) in [4.78, 5) is 14.7. The van der Waals surface area contributed by atoms with E-state index in [-0.39, 0.29) is 39.9 Å². The number of hydrogen-bond acceptors (Lipinski definition) is 15. The van der Waals surface area contributed by atoms with Crippen LogP contribution in [-0.4, -0.2) is 152 Å². The van der Waals surface area contributed by atoms with E-state index >= 15 is 0 Å². The second-order valence-electron chi connectivity index (χ2n) is 24.9. The molecule has 16 nitrogen and oxygen atoms in total. The maximum atomic E-state index is 14.7. The molecule has 0 bridgehead atoms. The Kier molecular flexibility index (Phi) is 15.4. The molecule has 1 aromatic rings. The van der Waals surface area contributed by atoms with Crippen LogP contribution >= 0.6 is 11.6 Å². The number of carbonyl (C=O) groups is 1. The Balaban J connectivity index is 0.956. The third-order valence-electron chi connectivity index (χ3n) is 21.1. The molecule has 3 aliphatic heterocycles. The van der Waals surface area contributed by atoms with Crippen molar-refractivity contribution >= 4 is 17.5 Å². The largest absolute Gasteiger partial charge is 0.394 e. The molecule has 8 fully saturated rings. The van der Waals surface area contributed by atoms with Crippen molar-refractivity contribution in [3.05, 3.63) is 47.0 Å². The highest BCUT2D eigenvalue weighted by Crippen LogP contribution is 2.77. The Morgan fingerprint density at radius 2 is 1.29 bits per heavy atom. The van der Waals surface area contributed by atoms with E-state index in [1.165, 1.54) is 19.4 Å². The van der Waals surface area contributed by atoms with Gasteiger partial charge in [-0.15, -0.1) is 0 Å². The average molecular weight is 1030 g/mol. The second-order valence-corrected chi connectivity index (χ2v) is 25.4. The SMILES string of the molecule is C=C(C)[C@@H]1CC[C@]2(C(=O)NCc3ccc(Cl)cc3)CC[C@]3(C)[C@H](CC[C@@H]4[C@@]5(C)CC[C@H](O[C@@H]6O[C@H](CO)[C@@H](O[C@@H]7O[C@@H](C)[C@H](O)[C@@H](O)[C@H]7O)[C@H](O)[C@H]6O[C@@H]6O[C@@H](C)[C@H](O)[C@@H](O)[C@H]6O)C(C)(C)[C@@H]5CC[C@]43C)[C@@H]12. The van der Waals surface area contributed by atoms with Crippen molar-refractivity contribution in [3.8, 4) is 0 Å². The molecular formula is C55H84ClNO15. The Morgan fingerprint density at radius 1 is 0.681 bits per heavy atom. The highest BCUT2D eigenvalue weighted by molar-refractivity contribution is 6.30. The van der Waals surface area contributed by atoms with E-state index in [0.717, 1.165) is 63.4 Å². The first-order valence-electron chi connectivity index (χ1n) is 26.8. The Labute approximate surface area is 430 Å². The van der Waals surface area contributed by atoms with Gasteiger partial charge in [0.2, 0.25) is 5.91 Å². The Hall–Kier alpha value is -1.84. The molecule has 0 aromatic heterocycles. The quantitative estimate of drug-likeness (QED) is 0.109. The topological polar surface area (TPSA) is 246 Å². The molecule has 3 heterocycles. The van der Waals surface area contributed by atoms with Crippen molar-refractivity contribution < 1.29 is 74.1 Å². The lowest BCUT2D eigenvalue weighted by atomic mass is 9.32. The predicted octanol–water partition coefficient (Wildman–Crippen LogP) is 4.50. The van der Waals surface area contributed by atoms with Crippen LogP contribution in [0.25, 0.3) is 0 Å². The summed E-state index contributed by atoms with van der Waals surface area (Å²) in [6.45, 7) is 21.6. The van der Waals surface area contributed by atoms with E-state index in [1.54, 1.807) is 0 Å². The fraction of sp³-hybridized carbons (Fsp3) is 0.836. The molecule has 0 spiro atoms. The van der Waals surface area contributed by atoms with Crippen molar-refractivity contribution in [3.63, 3.8) is 0 Å². The summed E-state index contributed by atoms with van der Waals surface area (Å²) in [6.07, 6.45) is -13.1. The summed E-state index contributed by atoms with van der Waals surface area (Å²) in [6, 6.07) is 7.68. The molecule has 1 aromatic carbocycles. The summed E-state index contributed by atoms with van der Waals surface area (Å²) in [5, 5.41) is 91.2. The fourth-order valence-corrected chi connectivity index (χ4v) is 17.0. The van der Waals surface area contributed by atoms with Crippen LogP contribution in [0.1, 0.15) is 125 Å². The number of nitrogens with one attached hydrogen (secondary N) is 1. The monoisotopic (exact) mass is 1030 g/mol. The number of fused-ring (bicyclic) bond motifs is 7. The van der Waals surface area contributed by atoms with Gasteiger partial charge in [0.15, 0.2) is 18.9 Å². The van der Waals surface area contributed by atoms with Crippen LogP contribution in [0, 0.1) is 56.7 Å². The third-order valence-corrected chi connectivity index (χ3v) is 21.4. The first-order valence-corrected chi connectivity index (χ1v) is 27.2. The minimum atomic E-state index is -1.74. The number of allylic oxidation sites excluding steroid dienone is 1. The Bertz CT molecular complexity index is 2120. The van der Waals surface area contributed by atoms with E-state index in [4.69, 9.17) is 40.0 Å². The number of rotatable bonds is 11. The number of benzene rings is 1. The number of ether oxygens (including phenoxy) is 6. The van der Waals surface area contributed by atoms with Gasteiger partial charge in [0.25, 0.3) is 0 Å². The van der Waals surface area contributed by atoms with Crippen LogP contribution in [0.2, 0.25) is 5.02 Å². The van der Waals surface area contributed by atoms with Gasteiger partial charge in [-0.3, -0.25) is 4.79 Å². The summed E-state index contributed by atoms with van der Waals surface area (Å²) in [5.41, 5.74) is 1.22. The third kappa shape index (κ3) is 8.87. The van der Waals surface area contributed by atoms with Gasteiger partial charge in [-0.25, -0.2) is 0 Å². The normalized spacial score (nSPS) is 51.0. The van der Waals surface area contributed by atoms with Crippen LogP contribution in [0.5, 0.6) is 0 Å². The standard InChI is InChI=1S/C55H84ClNO15/c1-26(2)31-16-21-55(50(66)57-24-29-10-12-30(56)13-11-29)23-22-53(8)32(37(31)55)14-15-35-52(7)19-18-36(51(5,6)34(52)17-20-54(35,53)9)70-49-46(72-48-43(64)41(62)39(60)28(4)68-48)44(65)45(33(25-58)69-49)71-47-42(63)40(61)38(59)27(3)67-47/h10-13,27-28,31-49,58-65H,1,14-25H2,2-9H3,(H,57,66)/t27-,28-,31-,32+,33+,34-,35+,36-,37+,38-,39-,40+,41+,42+,43+,44-,45+,46+,47-,48-,49-,52-,53+,54+,55-/m0/s1. The molecule has 25 atom stereocenters. The minimum Gasteiger partial charge on any atom is -0.394 e. The summed E-state index contributed by atoms with van der Waals surface area (Å²) in [5.74, 6) is 1.63. The van der Waals surface area contributed by atoms with Gasteiger partial charge in [0.05, 0.1) is 30.3 Å². The minimum absolute atomic E-state index is 0.00432. The van der Waals surface area contributed by atoms with Gasteiger partial charge in [0.1, 0.15) is 61.0 Å². The molecule has 9 rings (SSSR count). The van der Waals surface area contributed by atoms with Crippen LogP contribution in [0.3, 0.4) is 0 Å². The molecule has 8 aliphatic rings. The summed E-state index contributed by atoms with van der Waals surface area (Å²) in [7, 11) is 0. The molecule has 5 aliphatic carbocycles. The summed E-state index contributed by atoms with van der Waals surface area (Å²) < 4.78 is 37.4. The zero-order valence-corrected chi connectivity index (χ0v) is 44.2. The van der Waals surface area contributed by atoms with E-state index in [2.05, 4.69) is 53.4 Å². The number of amides is 1. The van der Waals surface area contributed by atoms with Crippen molar-refractivity contribution in [2.75, 3.05) is 6.61 Å². The van der Waals surface area contributed by atoms with E-state index in [0.29, 0.717) is 29.8 Å². The van der Waals surface area contributed by atoms with Gasteiger partial charge < -0.3 is 74.6 Å². The lowest BCUT2D eigenvalue weighted by molar-refractivity contribution is -0.393. The van der Waals surface area contributed by atoms with Crippen molar-refractivity contribution in [1.82, 2.24) is 5.32 Å². The lowest BCUT2D eigenvalue weighted by Gasteiger charge is -2.73.